The van der Waals surface area contributed by atoms with Gasteiger partial charge in [0, 0.05) is 23.5 Å². The number of thiazole rings is 1. The highest BCUT2D eigenvalue weighted by atomic mass is 32.1. The van der Waals surface area contributed by atoms with Gasteiger partial charge in [-0.25, -0.2) is 4.98 Å². The molecule has 6 nitrogen and oxygen atoms in total. The van der Waals surface area contributed by atoms with Crippen molar-refractivity contribution in [3.05, 3.63) is 34.8 Å². The number of nitrogens with zero attached hydrogens (tertiary/aromatic N) is 2. The van der Waals surface area contributed by atoms with Gasteiger partial charge in [-0.05, 0) is 49.9 Å². The first-order valence-electron chi connectivity index (χ1n) is 8.51. The summed E-state index contributed by atoms with van der Waals surface area (Å²) in [7, 11) is 0. The van der Waals surface area contributed by atoms with Crippen LogP contribution in [-0.4, -0.2) is 29.9 Å². The highest BCUT2D eigenvalue weighted by molar-refractivity contribution is 7.15. The molecule has 4 rings (SSSR count). The van der Waals surface area contributed by atoms with Crippen LogP contribution in [0.2, 0.25) is 0 Å². The molecule has 2 amide bonds. The Morgan fingerprint density at radius 3 is 2.76 bits per heavy atom. The van der Waals surface area contributed by atoms with Crippen molar-refractivity contribution >= 4 is 34.0 Å². The second-order valence-corrected chi connectivity index (χ2v) is 7.31. The predicted octanol–water partition coefficient (Wildman–Crippen LogP) is 2.78. The number of rotatable bonds is 5. The summed E-state index contributed by atoms with van der Waals surface area (Å²) in [5.41, 5.74) is 1.99. The van der Waals surface area contributed by atoms with E-state index in [9.17, 15) is 9.59 Å². The third-order valence-electron chi connectivity index (χ3n) is 4.43. The van der Waals surface area contributed by atoms with Gasteiger partial charge in [0.1, 0.15) is 5.75 Å². The van der Waals surface area contributed by atoms with Gasteiger partial charge in [-0.1, -0.05) is 0 Å². The van der Waals surface area contributed by atoms with Crippen LogP contribution < -0.4 is 15.0 Å². The topological polar surface area (TPSA) is 71.5 Å². The zero-order valence-corrected chi connectivity index (χ0v) is 14.6. The molecule has 0 saturated carbocycles. The number of carbonyl (C=O) groups excluding carboxylic acids is 2. The van der Waals surface area contributed by atoms with Gasteiger partial charge in [-0.3, -0.25) is 14.9 Å². The number of aromatic nitrogens is 1. The Bertz CT molecular complexity index is 779. The van der Waals surface area contributed by atoms with E-state index in [0.29, 0.717) is 17.3 Å². The van der Waals surface area contributed by atoms with Gasteiger partial charge >= 0.3 is 0 Å². The maximum absolute atomic E-state index is 12.0. The van der Waals surface area contributed by atoms with Gasteiger partial charge in [0.2, 0.25) is 5.91 Å². The molecule has 0 spiro atoms. The first-order valence-corrected chi connectivity index (χ1v) is 9.32. The van der Waals surface area contributed by atoms with Crippen molar-refractivity contribution in [2.45, 2.75) is 32.1 Å². The fourth-order valence-corrected chi connectivity index (χ4v) is 4.26. The predicted molar refractivity (Wildman–Crippen MR) is 96.3 cm³/mol. The number of aryl methyl sites for hydroxylation is 2. The molecule has 1 aromatic heterocycles. The van der Waals surface area contributed by atoms with E-state index < -0.39 is 0 Å². The van der Waals surface area contributed by atoms with Crippen molar-refractivity contribution in [2.75, 3.05) is 23.4 Å². The van der Waals surface area contributed by atoms with Crippen molar-refractivity contribution < 1.29 is 14.3 Å². The smallest absolute Gasteiger partial charge is 0.264 e. The second-order valence-electron chi connectivity index (χ2n) is 6.22. The Hall–Kier alpha value is -2.41. The summed E-state index contributed by atoms with van der Waals surface area (Å²) in [6.07, 6.45) is 4.73. The first kappa shape index (κ1) is 16.1. The quantitative estimate of drug-likeness (QED) is 0.893. The zero-order chi connectivity index (χ0) is 17.2. The monoisotopic (exact) mass is 357 g/mol. The van der Waals surface area contributed by atoms with E-state index in [2.05, 4.69) is 10.3 Å². The minimum absolute atomic E-state index is 0.0633. The third-order valence-corrected chi connectivity index (χ3v) is 5.51. The van der Waals surface area contributed by atoms with E-state index in [1.165, 1.54) is 4.88 Å². The molecule has 130 valence electrons. The standard InChI is InChI=1S/C18H19N3O3S/c22-16(20-18-19-14-3-1-4-15(14)25-18)11-24-13-8-6-12(7-9-13)21-10-2-5-17(21)23/h6-9H,1-5,10-11H2,(H,19,20,22). The highest BCUT2D eigenvalue weighted by Gasteiger charge is 2.21. The Balaban J connectivity index is 1.30. The summed E-state index contributed by atoms with van der Waals surface area (Å²) in [6.45, 7) is 0.700. The van der Waals surface area contributed by atoms with Gasteiger partial charge in [-0.2, -0.15) is 0 Å². The number of amides is 2. The summed E-state index contributed by atoms with van der Waals surface area (Å²) in [5.74, 6) is 0.543. The Morgan fingerprint density at radius 1 is 1.20 bits per heavy atom. The normalized spacial score (nSPS) is 16.2. The molecule has 0 unspecified atom stereocenters. The van der Waals surface area contributed by atoms with E-state index in [1.807, 2.05) is 12.1 Å². The molecule has 0 radical (unpaired) electrons. The molecule has 1 saturated heterocycles. The van der Waals surface area contributed by atoms with Crippen LogP contribution in [-0.2, 0) is 22.4 Å². The lowest BCUT2D eigenvalue weighted by atomic mass is 10.3. The van der Waals surface area contributed by atoms with E-state index in [-0.39, 0.29) is 18.4 Å². The van der Waals surface area contributed by atoms with Gasteiger partial charge in [0.05, 0.1) is 5.69 Å². The van der Waals surface area contributed by atoms with Gasteiger partial charge in [-0.15, -0.1) is 11.3 Å². The number of hydrogen-bond donors (Lipinski definition) is 1. The minimum Gasteiger partial charge on any atom is -0.484 e. The van der Waals surface area contributed by atoms with Gasteiger partial charge in [0.25, 0.3) is 5.91 Å². The van der Waals surface area contributed by atoms with Crippen LogP contribution in [0.3, 0.4) is 0 Å². The number of ether oxygens (including phenoxy) is 1. The maximum atomic E-state index is 12.0. The highest BCUT2D eigenvalue weighted by Crippen LogP contribution is 2.30. The molecular formula is C18H19N3O3S. The number of hydrogen-bond acceptors (Lipinski definition) is 5. The lowest BCUT2D eigenvalue weighted by Crippen LogP contribution is -2.23. The fourth-order valence-electron chi connectivity index (χ4n) is 3.19. The molecule has 2 heterocycles. The molecule has 2 aliphatic rings. The average molecular weight is 357 g/mol. The van der Waals surface area contributed by atoms with E-state index in [1.54, 1.807) is 28.4 Å². The summed E-state index contributed by atoms with van der Waals surface area (Å²) in [4.78, 5) is 31.2. The van der Waals surface area contributed by atoms with Crippen LogP contribution in [0.5, 0.6) is 5.75 Å². The Labute approximate surface area is 149 Å². The summed E-state index contributed by atoms with van der Waals surface area (Å²) >= 11 is 1.55. The molecule has 1 fully saturated rings. The molecule has 1 aromatic carbocycles. The molecule has 1 aliphatic heterocycles. The zero-order valence-electron chi connectivity index (χ0n) is 13.8. The lowest BCUT2D eigenvalue weighted by molar-refractivity contribution is -0.118. The average Bonchev–Trinajstić information content (AvgIpc) is 3.30. The van der Waals surface area contributed by atoms with Crippen LogP contribution in [0.4, 0.5) is 10.8 Å². The van der Waals surface area contributed by atoms with Crippen LogP contribution in [0.15, 0.2) is 24.3 Å². The van der Waals surface area contributed by atoms with Crippen molar-refractivity contribution in [2.24, 2.45) is 0 Å². The largest absolute Gasteiger partial charge is 0.484 e. The molecular weight excluding hydrogens is 338 g/mol. The number of carbonyl (C=O) groups is 2. The summed E-state index contributed by atoms with van der Waals surface area (Å²) < 4.78 is 5.52. The number of anilines is 2. The van der Waals surface area contributed by atoms with Crippen LogP contribution in [0.1, 0.15) is 29.8 Å². The lowest BCUT2D eigenvalue weighted by Gasteiger charge is -2.16. The van der Waals surface area contributed by atoms with E-state index in [0.717, 1.165) is 43.6 Å². The van der Waals surface area contributed by atoms with Crippen LogP contribution in [0, 0.1) is 0 Å². The Kier molecular flexibility index (Phi) is 4.40. The van der Waals surface area contributed by atoms with Crippen molar-refractivity contribution in [3.63, 3.8) is 0 Å². The molecule has 1 aliphatic carbocycles. The third kappa shape index (κ3) is 3.51. The number of nitrogens with one attached hydrogen (secondary N) is 1. The van der Waals surface area contributed by atoms with Crippen molar-refractivity contribution in [1.82, 2.24) is 4.98 Å². The number of benzene rings is 1. The molecule has 0 atom stereocenters. The van der Waals surface area contributed by atoms with Crippen LogP contribution >= 0.6 is 11.3 Å². The first-order chi connectivity index (χ1) is 12.2. The van der Waals surface area contributed by atoms with E-state index in [4.69, 9.17) is 4.74 Å². The van der Waals surface area contributed by atoms with Gasteiger partial charge < -0.3 is 9.64 Å². The Morgan fingerprint density at radius 2 is 2.04 bits per heavy atom. The second kappa shape index (κ2) is 6.84. The van der Waals surface area contributed by atoms with E-state index >= 15 is 0 Å². The minimum atomic E-state index is -0.216. The number of fused-ring (bicyclic) bond motifs is 1. The molecule has 2 aromatic rings. The summed E-state index contributed by atoms with van der Waals surface area (Å²) in [5, 5.41) is 3.45. The SMILES string of the molecule is O=C(COc1ccc(N2CCCC2=O)cc1)Nc1nc2c(s1)CCC2. The molecule has 0 bridgehead atoms. The summed E-state index contributed by atoms with van der Waals surface area (Å²) in [6, 6.07) is 7.27. The molecule has 1 N–H and O–H groups in total. The van der Waals surface area contributed by atoms with Gasteiger partial charge in [0.15, 0.2) is 11.7 Å². The maximum Gasteiger partial charge on any atom is 0.264 e. The molecule has 25 heavy (non-hydrogen) atoms. The van der Waals surface area contributed by atoms with Crippen molar-refractivity contribution in [1.29, 1.82) is 0 Å². The van der Waals surface area contributed by atoms with Crippen LogP contribution in [0.25, 0.3) is 0 Å². The fraction of sp³-hybridized carbons (Fsp3) is 0.389. The van der Waals surface area contributed by atoms with Crippen molar-refractivity contribution in [3.8, 4) is 5.75 Å². The molecule has 7 heteroatoms.